The SMILES string of the molecule is CCCCCCNc1ncccc1C(=O)CC. The number of pyridine rings is 1. The molecule has 0 unspecified atom stereocenters. The number of hydrogen-bond acceptors (Lipinski definition) is 3. The highest BCUT2D eigenvalue weighted by Gasteiger charge is 2.09. The Morgan fingerprint density at radius 1 is 1.29 bits per heavy atom. The summed E-state index contributed by atoms with van der Waals surface area (Å²) in [5, 5.41) is 3.26. The first kappa shape index (κ1) is 13.7. The monoisotopic (exact) mass is 234 g/mol. The van der Waals surface area contributed by atoms with E-state index in [-0.39, 0.29) is 5.78 Å². The van der Waals surface area contributed by atoms with E-state index >= 15 is 0 Å². The van der Waals surface area contributed by atoms with Gasteiger partial charge in [0.25, 0.3) is 0 Å². The standard InChI is InChI=1S/C14H22N2O/c1-3-5-6-7-10-15-14-12(13(17)4-2)9-8-11-16-14/h8-9,11H,3-7,10H2,1-2H3,(H,15,16). The van der Waals surface area contributed by atoms with Crippen molar-refractivity contribution in [2.45, 2.75) is 46.0 Å². The lowest BCUT2D eigenvalue weighted by molar-refractivity contribution is 0.0988. The average Bonchev–Trinajstić information content (AvgIpc) is 2.38. The number of nitrogens with zero attached hydrogens (tertiary/aromatic N) is 1. The van der Waals surface area contributed by atoms with Gasteiger partial charge in [-0.15, -0.1) is 0 Å². The van der Waals surface area contributed by atoms with Crippen molar-refractivity contribution in [3.8, 4) is 0 Å². The number of hydrogen-bond donors (Lipinski definition) is 1. The number of unbranched alkanes of at least 4 members (excludes halogenated alkanes) is 3. The quantitative estimate of drug-likeness (QED) is 0.551. The van der Waals surface area contributed by atoms with Crippen molar-refractivity contribution >= 4 is 11.6 Å². The fourth-order valence-electron chi connectivity index (χ4n) is 1.72. The minimum atomic E-state index is 0.147. The first-order valence-electron chi connectivity index (χ1n) is 6.51. The second-order valence-electron chi connectivity index (χ2n) is 4.16. The number of carbonyl (C=O) groups is 1. The Morgan fingerprint density at radius 3 is 2.82 bits per heavy atom. The summed E-state index contributed by atoms with van der Waals surface area (Å²) in [6, 6.07) is 3.65. The Morgan fingerprint density at radius 2 is 2.12 bits per heavy atom. The molecular weight excluding hydrogens is 212 g/mol. The second kappa shape index (κ2) is 7.82. The normalized spacial score (nSPS) is 10.2. The number of Topliss-reactive ketones (excluding diaryl/α,β-unsaturated/α-hetero) is 1. The number of ketones is 1. The molecule has 0 aliphatic carbocycles. The lowest BCUT2D eigenvalue weighted by Gasteiger charge is -2.09. The first-order valence-corrected chi connectivity index (χ1v) is 6.51. The summed E-state index contributed by atoms with van der Waals surface area (Å²) < 4.78 is 0. The summed E-state index contributed by atoms with van der Waals surface area (Å²) in [5.74, 6) is 0.880. The minimum Gasteiger partial charge on any atom is -0.369 e. The molecule has 0 amide bonds. The van der Waals surface area contributed by atoms with Gasteiger partial charge < -0.3 is 5.32 Å². The highest BCUT2D eigenvalue weighted by molar-refractivity contribution is 6.00. The summed E-state index contributed by atoms with van der Waals surface area (Å²) in [5.41, 5.74) is 0.713. The van der Waals surface area contributed by atoms with Crippen molar-refractivity contribution in [2.24, 2.45) is 0 Å². The molecule has 0 spiro atoms. The number of anilines is 1. The van der Waals surface area contributed by atoms with E-state index in [0.717, 1.165) is 18.8 Å². The molecule has 1 rings (SSSR count). The van der Waals surface area contributed by atoms with Crippen LogP contribution in [0.5, 0.6) is 0 Å². The molecule has 1 heterocycles. The predicted molar refractivity (Wildman–Crippen MR) is 71.5 cm³/mol. The summed E-state index contributed by atoms with van der Waals surface area (Å²) in [6.07, 6.45) is 7.11. The maximum absolute atomic E-state index is 11.7. The van der Waals surface area contributed by atoms with Crippen molar-refractivity contribution in [1.29, 1.82) is 0 Å². The molecule has 1 aromatic rings. The molecule has 1 aromatic heterocycles. The van der Waals surface area contributed by atoms with Gasteiger partial charge in [0, 0.05) is 19.2 Å². The molecule has 3 nitrogen and oxygen atoms in total. The van der Waals surface area contributed by atoms with Crippen LogP contribution >= 0.6 is 0 Å². The molecule has 0 saturated heterocycles. The summed E-state index contributed by atoms with van der Waals surface area (Å²) in [4.78, 5) is 15.9. The average molecular weight is 234 g/mol. The van der Waals surface area contributed by atoms with Gasteiger partial charge in [0.05, 0.1) is 5.56 Å². The van der Waals surface area contributed by atoms with Crippen LogP contribution in [-0.2, 0) is 0 Å². The molecule has 0 radical (unpaired) electrons. The second-order valence-corrected chi connectivity index (χ2v) is 4.16. The van der Waals surface area contributed by atoms with E-state index in [2.05, 4.69) is 17.2 Å². The third-order valence-electron chi connectivity index (χ3n) is 2.75. The summed E-state index contributed by atoms with van der Waals surface area (Å²) in [7, 11) is 0. The van der Waals surface area contributed by atoms with E-state index in [1.165, 1.54) is 19.3 Å². The Balaban J connectivity index is 2.49. The van der Waals surface area contributed by atoms with Gasteiger partial charge in [0.1, 0.15) is 5.82 Å². The predicted octanol–water partition coefficient (Wildman–Crippen LogP) is 3.67. The molecule has 0 aromatic carbocycles. The lowest BCUT2D eigenvalue weighted by atomic mass is 10.1. The lowest BCUT2D eigenvalue weighted by Crippen LogP contribution is -2.09. The zero-order valence-corrected chi connectivity index (χ0v) is 10.8. The van der Waals surface area contributed by atoms with Crippen LogP contribution in [0.25, 0.3) is 0 Å². The molecule has 3 heteroatoms. The molecule has 0 bridgehead atoms. The summed E-state index contributed by atoms with van der Waals surface area (Å²) >= 11 is 0. The topological polar surface area (TPSA) is 42.0 Å². The van der Waals surface area contributed by atoms with Crippen LogP contribution in [0.1, 0.15) is 56.3 Å². The molecule has 0 atom stereocenters. The Hall–Kier alpha value is -1.38. The minimum absolute atomic E-state index is 0.147. The van der Waals surface area contributed by atoms with Crippen molar-refractivity contribution in [2.75, 3.05) is 11.9 Å². The zero-order valence-electron chi connectivity index (χ0n) is 10.8. The van der Waals surface area contributed by atoms with Gasteiger partial charge in [-0.2, -0.15) is 0 Å². The van der Waals surface area contributed by atoms with Gasteiger partial charge in [0.15, 0.2) is 5.78 Å². The molecule has 1 N–H and O–H groups in total. The van der Waals surface area contributed by atoms with Gasteiger partial charge in [-0.05, 0) is 18.6 Å². The largest absolute Gasteiger partial charge is 0.369 e. The van der Waals surface area contributed by atoms with Crippen LogP contribution in [0.3, 0.4) is 0 Å². The fourth-order valence-corrected chi connectivity index (χ4v) is 1.72. The number of nitrogens with one attached hydrogen (secondary N) is 1. The molecule has 17 heavy (non-hydrogen) atoms. The van der Waals surface area contributed by atoms with Gasteiger partial charge in [-0.25, -0.2) is 4.98 Å². The molecular formula is C14H22N2O. The van der Waals surface area contributed by atoms with Crippen LogP contribution in [0.4, 0.5) is 5.82 Å². The molecule has 94 valence electrons. The van der Waals surface area contributed by atoms with Gasteiger partial charge in [0.2, 0.25) is 0 Å². The van der Waals surface area contributed by atoms with Gasteiger partial charge in [-0.3, -0.25) is 4.79 Å². The molecule has 0 aliphatic heterocycles. The number of rotatable bonds is 8. The zero-order chi connectivity index (χ0) is 12.5. The first-order chi connectivity index (χ1) is 8.29. The Bertz CT molecular complexity index is 350. The van der Waals surface area contributed by atoms with Crippen molar-refractivity contribution in [3.63, 3.8) is 0 Å². The molecule has 0 aliphatic rings. The fraction of sp³-hybridized carbons (Fsp3) is 0.571. The van der Waals surface area contributed by atoms with E-state index in [1.807, 2.05) is 19.1 Å². The Labute approximate surface area is 104 Å². The third-order valence-corrected chi connectivity index (χ3v) is 2.75. The Kier molecular flexibility index (Phi) is 6.30. The van der Waals surface area contributed by atoms with E-state index in [9.17, 15) is 4.79 Å². The van der Waals surface area contributed by atoms with E-state index in [0.29, 0.717) is 12.0 Å². The van der Waals surface area contributed by atoms with Gasteiger partial charge in [-0.1, -0.05) is 33.1 Å². The smallest absolute Gasteiger partial charge is 0.166 e. The number of carbonyl (C=O) groups excluding carboxylic acids is 1. The van der Waals surface area contributed by atoms with E-state index in [4.69, 9.17) is 0 Å². The van der Waals surface area contributed by atoms with Crippen LogP contribution in [0.15, 0.2) is 18.3 Å². The molecule has 0 fully saturated rings. The molecule has 0 saturated carbocycles. The highest BCUT2D eigenvalue weighted by Crippen LogP contribution is 2.13. The van der Waals surface area contributed by atoms with E-state index in [1.54, 1.807) is 6.20 Å². The summed E-state index contributed by atoms with van der Waals surface area (Å²) in [6.45, 7) is 4.96. The van der Waals surface area contributed by atoms with Crippen LogP contribution in [0, 0.1) is 0 Å². The van der Waals surface area contributed by atoms with Crippen molar-refractivity contribution in [3.05, 3.63) is 23.9 Å². The highest BCUT2D eigenvalue weighted by atomic mass is 16.1. The third kappa shape index (κ3) is 4.55. The van der Waals surface area contributed by atoms with Crippen molar-refractivity contribution < 1.29 is 4.79 Å². The van der Waals surface area contributed by atoms with Gasteiger partial charge >= 0.3 is 0 Å². The van der Waals surface area contributed by atoms with Crippen LogP contribution in [-0.4, -0.2) is 17.3 Å². The van der Waals surface area contributed by atoms with Crippen molar-refractivity contribution in [1.82, 2.24) is 4.98 Å². The number of aromatic nitrogens is 1. The maximum atomic E-state index is 11.7. The van der Waals surface area contributed by atoms with Crippen LogP contribution < -0.4 is 5.32 Å². The van der Waals surface area contributed by atoms with Crippen LogP contribution in [0.2, 0.25) is 0 Å². The maximum Gasteiger partial charge on any atom is 0.166 e. The van der Waals surface area contributed by atoms with E-state index < -0.39 is 0 Å².